The highest BCUT2D eigenvalue weighted by Gasteiger charge is 2.36. The molecule has 1 aromatic carbocycles. The Labute approximate surface area is 147 Å². The summed E-state index contributed by atoms with van der Waals surface area (Å²) in [6.45, 7) is 0.583. The van der Waals surface area contributed by atoms with Gasteiger partial charge in [-0.15, -0.1) is 0 Å². The van der Waals surface area contributed by atoms with Crippen LogP contribution in [-0.2, 0) is 14.3 Å². The van der Waals surface area contributed by atoms with Crippen LogP contribution < -0.4 is 9.47 Å². The molecule has 25 heavy (non-hydrogen) atoms. The van der Waals surface area contributed by atoms with E-state index < -0.39 is 18.2 Å². The van der Waals surface area contributed by atoms with Gasteiger partial charge in [-0.3, -0.25) is 4.79 Å². The van der Waals surface area contributed by atoms with Crippen molar-refractivity contribution in [1.82, 2.24) is 4.90 Å². The number of rotatable bonds is 6. The molecule has 1 amide bonds. The molecule has 2 rings (SSSR count). The number of benzene rings is 1. The Hall–Kier alpha value is -2.09. The minimum Gasteiger partial charge on any atom is -0.497 e. The Balaban J connectivity index is 2.09. The van der Waals surface area contributed by atoms with E-state index in [4.69, 9.17) is 18.9 Å². The van der Waals surface area contributed by atoms with Crippen LogP contribution in [-0.4, -0.2) is 75.8 Å². The SMILES string of the molecule is COc1cc(/C=C/C(=O)N(C)[C@@H]2COC[C@@H](OC)[C@H]2O)cc(OC)c1. The second-order valence-corrected chi connectivity index (χ2v) is 5.80. The predicted molar refractivity (Wildman–Crippen MR) is 92.8 cm³/mol. The number of aliphatic hydroxyl groups is 1. The molecule has 1 aromatic rings. The van der Waals surface area contributed by atoms with Crippen LogP contribution in [0.2, 0.25) is 0 Å². The molecule has 0 radical (unpaired) electrons. The van der Waals surface area contributed by atoms with Gasteiger partial charge in [-0.25, -0.2) is 0 Å². The molecule has 1 saturated heterocycles. The highest BCUT2D eigenvalue weighted by molar-refractivity contribution is 5.92. The zero-order valence-corrected chi connectivity index (χ0v) is 15.0. The highest BCUT2D eigenvalue weighted by Crippen LogP contribution is 2.23. The molecule has 7 nitrogen and oxygen atoms in total. The molecule has 1 heterocycles. The van der Waals surface area contributed by atoms with Gasteiger partial charge in [-0.2, -0.15) is 0 Å². The lowest BCUT2D eigenvalue weighted by Gasteiger charge is -2.38. The van der Waals surface area contributed by atoms with Crippen LogP contribution in [0, 0.1) is 0 Å². The zero-order valence-electron chi connectivity index (χ0n) is 15.0. The summed E-state index contributed by atoms with van der Waals surface area (Å²) in [6.07, 6.45) is 1.88. The lowest BCUT2D eigenvalue weighted by Crippen LogP contribution is -2.56. The van der Waals surface area contributed by atoms with Crippen molar-refractivity contribution in [2.75, 3.05) is 41.6 Å². The molecular weight excluding hydrogens is 326 g/mol. The zero-order chi connectivity index (χ0) is 18.4. The summed E-state index contributed by atoms with van der Waals surface area (Å²) in [7, 11) is 6.28. The van der Waals surface area contributed by atoms with Gasteiger partial charge >= 0.3 is 0 Å². The van der Waals surface area contributed by atoms with E-state index in [1.807, 2.05) is 0 Å². The van der Waals surface area contributed by atoms with Crippen LogP contribution in [0.4, 0.5) is 0 Å². The maximum Gasteiger partial charge on any atom is 0.246 e. The van der Waals surface area contributed by atoms with Crippen molar-refractivity contribution in [2.24, 2.45) is 0 Å². The van der Waals surface area contributed by atoms with E-state index in [2.05, 4.69) is 0 Å². The van der Waals surface area contributed by atoms with Gasteiger partial charge in [-0.05, 0) is 23.8 Å². The molecule has 0 bridgehead atoms. The number of amides is 1. The first-order valence-corrected chi connectivity index (χ1v) is 7.96. The first kappa shape index (κ1) is 19.2. The van der Waals surface area contributed by atoms with E-state index in [1.165, 1.54) is 18.1 Å². The Morgan fingerprint density at radius 2 is 1.84 bits per heavy atom. The molecule has 138 valence electrons. The summed E-state index contributed by atoms with van der Waals surface area (Å²) >= 11 is 0. The third-order valence-corrected chi connectivity index (χ3v) is 4.29. The maximum atomic E-state index is 12.4. The average Bonchev–Trinajstić information content (AvgIpc) is 2.65. The fourth-order valence-electron chi connectivity index (χ4n) is 2.67. The standard InChI is InChI=1S/C18H25NO6/c1-19(15-10-25-11-16(24-4)18(15)21)17(20)6-5-12-7-13(22-2)9-14(8-12)23-3/h5-9,15-16,18,21H,10-11H2,1-4H3/b6-5+/t15-,16-,18+/m1/s1. The van der Waals surface area contributed by atoms with Crippen molar-refractivity contribution in [3.05, 3.63) is 29.8 Å². The van der Waals surface area contributed by atoms with Gasteiger partial charge in [-0.1, -0.05) is 0 Å². The average molecular weight is 351 g/mol. The molecule has 0 unspecified atom stereocenters. The third kappa shape index (κ3) is 4.72. The van der Waals surface area contributed by atoms with E-state index in [1.54, 1.807) is 45.5 Å². The maximum absolute atomic E-state index is 12.4. The smallest absolute Gasteiger partial charge is 0.246 e. The summed E-state index contributed by atoms with van der Waals surface area (Å²) < 4.78 is 21.0. The Bertz CT molecular complexity index is 595. The van der Waals surface area contributed by atoms with E-state index in [-0.39, 0.29) is 12.5 Å². The second kappa shape index (κ2) is 8.84. The predicted octanol–water partition coefficient (Wildman–Crippen LogP) is 0.950. The van der Waals surface area contributed by atoms with Gasteiger partial charge in [0.15, 0.2) is 0 Å². The van der Waals surface area contributed by atoms with Gasteiger partial charge in [0.1, 0.15) is 23.7 Å². The van der Waals surface area contributed by atoms with Crippen molar-refractivity contribution < 1.29 is 28.8 Å². The van der Waals surface area contributed by atoms with E-state index in [0.717, 1.165) is 5.56 Å². The number of methoxy groups -OCH3 is 3. The van der Waals surface area contributed by atoms with Crippen LogP contribution in [0.3, 0.4) is 0 Å². The van der Waals surface area contributed by atoms with Crippen LogP contribution in [0.5, 0.6) is 11.5 Å². The molecule has 1 aliphatic rings. The van der Waals surface area contributed by atoms with Crippen molar-refractivity contribution >= 4 is 12.0 Å². The van der Waals surface area contributed by atoms with Crippen LogP contribution >= 0.6 is 0 Å². The molecule has 1 aliphatic heterocycles. The molecule has 0 saturated carbocycles. The quantitative estimate of drug-likeness (QED) is 0.769. The topological polar surface area (TPSA) is 77.5 Å². The molecule has 0 aromatic heterocycles. The molecule has 0 aliphatic carbocycles. The number of carbonyl (C=O) groups is 1. The minimum atomic E-state index is -0.794. The number of hydrogen-bond acceptors (Lipinski definition) is 6. The molecular formula is C18H25NO6. The van der Waals surface area contributed by atoms with E-state index >= 15 is 0 Å². The van der Waals surface area contributed by atoms with Gasteiger partial charge in [0, 0.05) is 26.3 Å². The lowest BCUT2D eigenvalue weighted by molar-refractivity contribution is -0.154. The summed E-state index contributed by atoms with van der Waals surface area (Å²) in [5.41, 5.74) is 0.771. The second-order valence-electron chi connectivity index (χ2n) is 5.80. The van der Waals surface area contributed by atoms with E-state index in [0.29, 0.717) is 18.1 Å². The highest BCUT2D eigenvalue weighted by atomic mass is 16.5. The summed E-state index contributed by atoms with van der Waals surface area (Å²) in [5.74, 6) is 1.03. The van der Waals surface area contributed by atoms with Crippen molar-refractivity contribution in [1.29, 1.82) is 0 Å². The third-order valence-electron chi connectivity index (χ3n) is 4.29. The van der Waals surface area contributed by atoms with Gasteiger partial charge in [0.25, 0.3) is 0 Å². The molecule has 1 N–H and O–H groups in total. The molecule has 1 fully saturated rings. The van der Waals surface area contributed by atoms with Crippen LogP contribution in [0.25, 0.3) is 6.08 Å². The normalized spacial score (nSPS) is 23.5. The Kier molecular flexibility index (Phi) is 6.81. The number of aliphatic hydroxyl groups excluding tert-OH is 1. The first-order chi connectivity index (χ1) is 12.0. The largest absolute Gasteiger partial charge is 0.497 e. The lowest BCUT2D eigenvalue weighted by atomic mass is 10.0. The number of nitrogens with zero attached hydrogens (tertiary/aromatic N) is 1. The van der Waals surface area contributed by atoms with Crippen molar-refractivity contribution in [2.45, 2.75) is 18.2 Å². The summed E-state index contributed by atoms with van der Waals surface area (Å²) in [6, 6.07) is 4.89. The van der Waals surface area contributed by atoms with Crippen molar-refractivity contribution in [3.63, 3.8) is 0 Å². The molecule has 7 heteroatoms. The summed E-state index contributed by atoms with van der Waals surface area (Å²) in [5, 5.41) is 10.3. The Morgan fingerprint density at radius 3 is 2.40 bits per heavy atom. The monoisotopic (exact) mass is 351 g/mol. The minimum absolute atomic E-state index is 0.244. The van der Waals surface area contributed by atoms with Gasteiger partial charge in [0.05, 0.1) is 33.5 Å². The number of carbonyl (C=O) groups excluding carboxylic acids is 1. The van der Waals surface area contributed by atoms with Crippen LogP contribution in [0.1, 0.15) is 5.56 Å². The van der Waals surface area contributed by atoms with E-state index in [9.17, 15) is 9.90 Å². The van der Waals surface area contributed by atoms with Gasteiger partial charge < -0.3 is 29.0 Å². The van der Waals surface area contributed by atoms with Crippen LogP contribution in [0.15, 0.2) is 24.3 Å². The van der Waals surface area contributed by atoms with Gasteiger partial charge in [0.2, 0.25) is 5.91 Å². The fourth-order valence-corrected chi connectivity index (χ4v) is 2.67. The molecule has 3 atom stereocenters. The summed E-state index contributed by atoms with van der Waals surface area (Å²) in [4.78, 5) is 13.9. The van der Waals surface area contributed by atoms with Crippen molar-refractivity contribution in [3.8, 4) is 11.5 Å². The molecule has 0 spiro atoms. The Morgan fingerprint density at radius 1 is 1.20 bits per heavy atom. The number of hydrogen-bond donors (Lipinski definition) is 1. The number of ether oxygens (including phenoxy) is 4. The fraction of sp³-hybridized carbons (Fsp3) is 0.500. The number of likely N-dealkylation sites (N-methyl/N-ethyl adjacent to an activating group) is 1. The first-order valence-electron chi connectivity index (χ1n) is 7.96.